The summed E-state index contributed by atoms with van der Waals surface area (Å²) in [5.74, 6) is -2.54. The van der Waals surface area contributed by atoms with Crippen LogP contribution in [0, 0.1) is 17.7 Å². The van der Waals surface area contributed by atoms with E-state index < -0.39 is 53.4 Å². The number of aliphatic hydroxyl groups is 1. The van der Waals surface area contributed by atoms with E-state index in [1.54, 1.807) is 32.0 Å². The summed E-state index contributed by atoms with van der Waals surface area (Å²) in [7, 11) is 0. The second kappa shape index (κ2) is 10.9. The van der Waals surface area contributed by atoms with E-state index in [4.69, 9.17) is 24.3 Å². The molecule has 3 aliphatic heterocycles. The van der Waals surface area contributed by atoms with E-state index in [1.165, 1.54) is 12.1 Å². The Bertz CT molecular complexity index is 1940. The summed E-state index contributed by atoms with van der Waals surface area (Å²) in [5.41, 5.74) is 6.41. The van der Waals surface area contributed by atoms with Crippen molar-refractivity contribution in [1.29, 1.82) is 0 Å². The maximum Gasteiger partial charge on any atom is 0.270 e. The first-order valence-electron chi connectivity index (χ1n) is 15.3. The van der Waals surface area contributed by atoms with E-state index in [1.807, 2.05) is 19.9 Å². The molecule has 2 aromatic carbocycles. The number of amides is 3. The quantitative estimate of drug-likeness (QED) is 0.208. The monoisotopic (exact) mass is 644 g/mol. The number of oxazole rings is 2. The van der Waals surface area contributed by atoms with Gasteiger partial charge in [-0.15, -0.1) is 0 Å². The molecule has 47 heavy (non-hydrogen) atoms. The van der Waals surface area contributed by atoms with Gasteiger partial charge in [0, 0.05) is 23.2 Å². The van der Waals surface area contributed by atoms with Crippen LogP contribution < -0.4 is 26.4 Å². The van der Waals surface area contributed by atoms with Gasteiger partial charge in [0.25, 0.3) is 5.91 Å². The van der Waals surface area contributed by atoms with Crippen molar-refractivity contribution < 1.29 is 37.5 Å². The minimum atomic E-state index is -1.35. The lowest BCUT2D eigenvalue weighted by Gasteiger charge is -2.29. The molecule has 0 saturated carbocycles. The van der Waals surface area contributed by atoms with E-state index in [-0.39, 0.29) is 47.2 Å². The van der Waals surface area contributed by atoms with Gasteiger partial charge in [-0.1, -0.05) is 39.8 Å². The van der Waals surface area contributed by atoms with Gasteiger partial charge in [0.1, 0.15) is 41.4 Å². The molecule has 0 saturated heterocycles. The molecule has 1 spiro atoms. The van der Waals surface area contributed by atoms with Gasteiger partial charge in [-0.3, -0.25) is 14.4 Å². The van der Waals surface area contributed by atoms with Gasteiger partial charge in [0.2, 0.25) is 23.6 Å². The molecule has 4 bridgehead atoms. The lowest BCUT2D eigenvalue weighted by Crippen LogP contribution is -2.52. The van der Waals surface area contributed by atoms with Crippen LogP contribution in [0.5, 0.6) is 5.75 Å². The highest BCUT2D eigenvalue weighted by Crippen LogP contribution is 2.59. The van der Waals surface area contributed by atoms with Crippen molar-refractivity contribution in [3.05, 3.63) is 82.5 Å². The van der Waals surface area contributed by atoms with Crippen molar-refractivity contribution >= 4 is 23.4 Å². The average molecular weight is 645 g/mol. The summed E-state index contributed by atoms with van der Waals surface area (Å²) in [6.07, 6.45) is -0.994. The number of nitrogens with two attached hydrogens (primary N) is 1. The smallest absolute Gasteiger partial charge is 0.270 e. The number of ether oxygens (including phenoxy) is 1. The SMILES string of the molecule is CC(C)[C@H](O)C(=O)NC1Cc2ccc3c(c2)[C@@]2(c4cc(F)ccc4N[C@@H]2O3)c2oc(nc2-c2nc(C(N)=O)co2)[C@H](C(C)C)NC1=O. The van der Waals surface area contributed by atoms with E-state index in [9.17, 15) is 19.5 Å². The van der Waals surface area contributed by atoms with Crippen LogP contribution in [0.1, 0.15) is 72.6 Å². The van der Waals surface area contributed by atoms with Crippen LogP contribution in [0.2, 0.25) is 0 Å². The zero-order valence-corrected chi connectivity index (χ0v) is 26.0. The number of primary amides is 1. The van der Waals surface area contributed by atoms with Crippen LogP contribution in [0.15, 0.2) is 51.5 Å². The van der Waals surface area contributed by atoms with Crippen LogP contribution in [-0.4, -0.2) is 51.2 Å². The van der Waals surface area contributed by atoms with Gasteiger partial charge in [0.05, 0.1) is 0 Å². The Morgan fingerprint density at radius 1 is 1.11 bits per heavy atom. The Kier molecular flexibility index (Phi) is 7.08. The number of nitrogens with zero attached hydrogens (tertiary/aromatic N) is 2. The fourth-order valence-corrected chi connectivity index (χ4v) is 6.52. The normalized spacial score (nSPS) is 23.1. The van der Waals surface area contributed by atoms with Gasteiger partial charge in [-0.2, -0.15) is 0 Å². The first-order valence-corrected chi connectivity index (χ1v) is 15.3. The molecular weight excluding hydrogens is 611 g/mol. The number of aromatic nitrogens is 2. The Labute approximate surface area is 268 Å². The first kappa shape index (κ1) is 30.4. The molecular formula is C33H33FN6O7. The average Bonchev–Trinajstić information content (AvgIpc) is 3.79. The molecule has 1 unspecified atom stereocenters. The fraction of sp³-hybridized carbons (Fsp3) is 0.364. The molecule has 2 aromatic heterocycles. The molecule has 5 atom stereocenters. The van der Waals surface area contributed by atoms with Crippen molar-refractivity contribution in [2.24, 2.45) is 17.6 Å². The molecule has 0 radical (unpaired) electrons. The van der Waals surface area contributed by atoms with Crippen LogP contribution in [-0.2, 0) is 21.4 Å². The van der Waals surface area contributed by atoms with Crippen LogP contribution in [0.3, 0.4) is 0 Å². The number of rotatable bonds is 6. The first-order chi connectivity index (χ1) is 22.4. The second-order valence-corrected chi connectivity index (χ2v) is 12.8. The van der Waals surface area contributed by atoms with Crippen molar-refractivity contribution in [2.45, 2.75) is 63.9 Å². The van der Waals surface area contributed by atoms with E-state index in [0.29, 0.717) is 28.1 Å². The summed E-state index contributed by atoms with van der Waals surface area (Å²) >= 11 is 0. The van der Waals surface area contributed by atoms with Gasteiger partial charge in [-0.05, 0) is 41.7 Å². The number of aliphatic hydroxyl groups excluding tert-OH is 1. The van der Waals surface area contributed by atoms with Gasteiger partial charge in [-0.25, -0.2) is 14.4 Å². The van der Waals surface area contributed by atoms with Crippen LogP contribution in [0.25, 0.3) is 11.6 Å². The molecule has 14 heteroatoms. The summed E-state index contributed by atoms with van der Waals surface area (Å²) in [6, 6.07) is 7.75. The van der Waals surface area contributed by atoms with E-state index >= 15 is 4.39 Å². The van der Waals surface area contributed by atoms with Crippen molar-refractivity contribution in [3.63, 3.8) is 0 Å². The third kappa shape index (κ3) is 4.73. The minimum absolute atomic E-state index is 0.0611. The largest absolute Gasteiger partial charge is 0.469 e. The second-order valence-electron chi connectivity index (χ2n) is 12.8. The summed E-state index contributed by atoms with van der Waals surface area (Å²) in [4.78, 5) is 48.0. The van der Waals surface area contributed by atoms with E-state index in [0.717, 1.165) is 6.26 Å². The predicted molar refractivity (Wildman–Crippen MR) is 163 cm³/mol. The van der Waals surface area contributed by atoms with Gasteiger partial charge < -0.3 is 40.4 Å². The van der Waals surface area contributed by atoms with Crippen molar-refractivity contribution in [2.75, 3.05) is 5.32 Å². The number of carbonyl (C=O) groups is 3. The number of anilines is 1. The van der Waals surface area contributed by atoms with Crippen LogP contribution in [0.4, 0.5) is 10.1 Å². The minimum Gasteiger partial charge on any atom is -0.469 e. The molecule has 3 amide bonds. The topological polar surface area (TPSA) is 195 Å². The number of hydrogen-bond donors (Lipinski definition) is 5. The van der Waals surface area contributed by atoms with Crippen molar-refractivity contribution in [1.82, 2.24) is 20.6 Å². The molecule has 7 rings (SSSR count). The Balaban J connectivity index is 1.50. The predicted octanol–water partition coefficient (Wildman–Crippen LogP) is 2.92. The summed E-state index contributed by atoms with van der Waals surface area (Å²) in [5, 5.41) is 19.5. The molecule has 6 N–H and O–H groups in total. The molecule has 4 aromatic rings. The molecule has 3 aliphatic rings. The highest BCUT2D eigenvalue weighted by molar-refractivity contribution is 5.91. The Morgan fingerprint density at radius 2 is 1.89 bits per heavy atom. The van der Waals surface area contributed by atoms with Gasteiger partial charge >= 0.3 is 0 Å². The number of carbonyl (C=O) groups excluding carboxylic acids is 3. The number of fused-ring (bicyclic) bond motifs is 4. The molecule has 0 aliphatic carbocycles. The van der Waals surface area contributed by atoms with Gasteiger partial charge in [0.15, 0.2) is 23.4 Å². The third-order valence-corrected chi connectivity index (χ3v) is 8.96. The van der Waals surface area contributed by atoms with E-state index in [2.05, 4.69) is 20.9 Å². The fourth-order valence-electron chi connectivity index (χ4n) is 6.52. The standard InChI is InChI=1S/C33H33FN6O7/c1-13(2)23-31-40-24(30-37-21(12-45-30)27(35)42)26(47-31)33-17-11-16(34)6-7-19(17)38-32(33)46-22-8-5-15(9-18(22)33)10-20(28(43)39-23)36-29(44)25(41)14(3)4/h5-9,11-14,20,23,25,32,38,41H,10H2,1-4H3,(H2,35,42)(H,36,44)(H,39,43)/t20?,23-,25-,32+,33-/m0/s1. The lowest BCUT2D eigenvalue weighted by atomic mass is 9.72. The summed E-state index contributed by atoms with van der Waals surface area (Å²) < 4.78 is 33.9. The number of hydrogen-bond acceptors (Lipinski definition) is 10. The highest BCUT2D eigenvalue weighted by atomic mass is 19.1. The number of benzene rings is 2. The number of nitrogens with one attached hydrogen (secondary N) is 3. The molecule has 5 heterocycles. The molecule has 13 nitrogen and oxygen atoms in total. The zero-order chi connectivity index (χ0) is 33.4. The number of halogens is 1. The third-order valence-electron chi connectivity index (χ3n) is 8.96. The Morgan fingerprint density at radius 3 is 2.60 bits per heavy atom. The lowest BCUT2D eigenvalue weighted by molar-refractivity contribution is -0.135. The van der Waals surface area contributed by atoms with Crippen molar-refractivity contribution in [3.8, 4) is 17.3 Å². The highest BCUT2D eigenvalue weighted by Gasteiger charge is 2.61. The molecule has 0 fully saturated rings. The van der Waals surface area contributed by atoms with Crippen LogP contribution >= 0.6 is 0 Å². The zero-order valence-electron chi connectivity index (χ0n) is 26.0. The molecule has 244 valence electrons. The maximum atomic E-state index is 15.1. The Hall–Kier alpha value is -5.24. The maximum absolute atomic E-state index is 15.1. The summed E-state index contributed by atoms with van der Waals surface area (Å²) in [6.45, 7) is 7.11.